The summed E-state index contributed by atoms with van der Waals surface area (Å²) in [6.45, 7) is 2.15. The van der Waals surface area contributed by atoms with E-state index in [1.807, 2.05) is 0 Å². The minimum Gasteiger partial charge on any atom is -0.504 e. The van der Waals surface area contributed by atoms with Crippen molar-refractivity contribution in [2.45, 2.75) is 51.4 Å². The molecule has 4 N–H and O–H groups in total. The Morgan fingerprint density at radius 1 is 1.23 bits per heavy atom. The standard InChI is InChI=1S/C23H25N5O3/c1-23-7-6-12-11(14(23)4-5-17(23)30)2-3-13-18(12)15(8-16(29)20(13)31)28-10-27-21(24)19-22(28)26-9-25-19/h8-12,14,24,29,31H,2-7H2,1H3,(H,25,26)/t11-,12+,14+,23+/m1/s1/i24+1,25+1,26+1,27+1,28+1. The van der Waals surface area contributed by atoms with E-state index in [0.717, 1.165) is 42.5 Å². The number of carbonyl (C=O) groups is 1. The van der Waals surface area contributed by atoms with Crippen molar-refractivity contribution >= 4 is 16.9 Å². The van der Waals surface area contributed by atoms with Gasteiger partial charge in [-0.3, -0.25) is 14.8 Å². The van der Waals surface area contributed by atoms with Crippen LogP contribution in [0.15, 0.2) is 18.7 Å². The predicted octanol–water partition coefficient (Wildman–Crippen LogP) is 3.06. The van der Waals surface area contributed by atoms with Crippen LogP contribution in [0.5, 0.6) is 11.5 Å². The van der Waals surface area contributed by atoms with Gasteiger partial charge in [-0.2, -0.15) is 0 Å². The number of aromatic nitrogens is 4. The number of aromatic hydroxyl groups is 2. The maximum absolute atomic E-state index is 12.7. The van der Waals surface area contributed by atoms with Crippen molar-refractivity contribution in [1.29, 1.82) is 5.41 Å². The molecule has 0 saturated heterocycles. The first kappa shape index (κ1) is 18.6. The third kappa shape index (κ3) is 2.36. The molecule has 160 valence electrons. The number of imidazole rings is 1. The van der Waals surface area contributed by atoms with Crippen LogP contribution in [0.1, 0.15) is 56.1 Å². The maximum Gasteiger partial charge on any atom is 0.173 e. The third-order valence-electron chi connectivity index (χ3n) is 8.29. The maximum atomic E-state index is 12.7. The highest BCUT2D eigenvalue weighted by Crippen LogP contribution is 2.61. The Labute approximate surface area is 178 Å². The van der Waals surface area contributed by atoms with Crippen molar-refractivity contribution in [1.82, 2.24) is 19.5 Å². The van der Waals surface area contributed by atoms with Crippen molar-refractivity contribution in [3.8, 4) is 17.2 Å². The molecule has 0 spiro atoms. The molecular formula is C23H25N5O3. The molecular weight excluding hydrogens is 399 g/mol. The summed E-state index contributed by atoms with van der Waals surface area (Å²) < 4.78 is 1.80. The van der Waals surface area contributed by atoms with Gasteiger partial charge in [-0.1, -0.05) is 6.92 Å². The number of phenolic OH excluding ortho intramolecular Hbond substituents is 2. The lowest BCUT2D eigenvalue weighted by atomic mass is 9.55. The topological polar surface area (TPSA) is 128 Å². The zero-order valence-electron chi connectivity index (χ0n) is 17.4. The minimum absolute atomic E-state index is 0.0445. The smallest absolute Gasteiger partial charge is 0.173 e. The Hall–Kier alpha value is -3.16. The molecule has 3 aliphatic carbocycles. The van der Waals surface area contributed by atoms with E-state index in [2.05, 4.69) is 21.9 Å². The van der Waals surface area contributed by atoms with Gasteiger partial charge in [-0.05, 0) is 55.4 Å². The number of hydrogen-bond donors (Lipinski definition) is 4. The second kappa shape index (κ2) is 6.18. The second-order valence-corrected chi connectivity index (χ2v) is 9.55. The summed E-state index contributed by atoms with van der Waals surface area (Å²) in [7, 11) is 0. The van der Waals surface area contributed by atoms with Gasteiger partial charge in [0.1, 0.15) is 17.6 Å². The van der Waals surface area contributed by atoms with Gasteiger partial charge >= 0.3 is 0 Å². The number of hydrogen-bond acceptors (Lipinski definition) is 6. The number of H-pyrrole nitrogens is 1. The van der Waals surface area contributed by atoms with Crippen LogP contribution in [0.25, 0.3) is 16.9 Å². The van der Waals surface area contributed by atoms with Gasteiger partial charge in [0.05, 0.1) is 12.0 Å². The largest absolute Gasteiger partial charge is 0.504 e. The Kier molecular flexibility index (Phi) is 3.71. The molecule has 0 radical (unpaired) electrons. The van der Waals surface area contributed by atoms with E-state index in [4.69, 9.17) is 5.41 Å². The molecule has 8 nitrogen and oxygen atoms in total. The van der Waals surface area contributed by atoms with Crippen LogP contribution in [-0.4, -0.2) is 35.5 Å². The molecule has 4 atom stereocenters. The van der Waals surface area contributed by atoms with Crippen molar-refractivity contribution in [2.24, 2.45) is 17.3 Å². The van der Waals surface area contributed by atoms with E-state index >= 15 is 0 Å². The fraction of sp³-hybridized carbons (Fsp3) is 0.478. The van der Waals surface area contributed by atoms with Crippen molar-refractivity contribution < 1.29 is 15.0 Å². The first-order chi connectivity index (χ1) is 14.9. The lowest BCUT2D eigenvalue weighted by molar-refractivity contribution is -0.129. The Bertz CT molecular complexity index is 1310. The molecule has 0 bridgehead atoms. The summed E-state index contributed by atoms with van der Waals surface area (Å²) in [5.41, 5.74) is 3.53. The Morgan fingerprint density at radius 2 is 2.06 bits per heavy atom. The van der Waals surface area contributed by atoms with Gasteiger partial charge in [0, 0.05) is 23.5 Å². The normalized spacial score (nSPS) is 29.6. The molecule has 2 saturated carbocycles. The minimum atomic E-state index is -0.227. The summed E-state index contributed by atoms with van der Waals surface area (Å²) in [5.74, 6) is 1.13. The van der Waals surface area contributed by atoms with Crippen LogP contribution >= 0.6 is 0 Å². The summed E-state index contributed by atoms with van der Waals surface area (Å²) >= 11 is 0. The molecule has 0 aliphatic heterocycles. The molecule has 3 aliphatic rings. The molecule has 2 heterocycles. The number of carbonyl (C=O) groups excluding carboxylic acids is 1. The summed E-state index contributed by atoms with van der Waals surface area (Å²) in [6, 6.07) is 1.59. The van der Waals surface area contributed by atoms with E-state index in [1.54, 1.807) is 17.0 Å². The fourth-order valence-electron chi connectivity index (χ4n) is 6.76. The highest BCUT2D eigenvalue weighted by atomic mass is 16.3. The number of phenols is 2. The van der Waals surface area contributed by atoms with Crippen molar-refractivity contribution in [3.05, 3.63) is 35.3 Å². The number of benzene rings is 1. The number of Topliss-reactive ketones (excluding diaryl/α,β-unsaturated/α-hetero) is 1. The van der Waals surface area contributed by atoms with Crippen LogP contribution in [-0.2, 0) is 11.2 Å². The van der Waals surface area contributed by atoms with Crippen LogP contribution in [0, 0.1) is 22.7 Å². The first-order valence-electron chi connectivity index (χ1n) is 11.0. The van der Waals surface area contributed by atoms with Crippen molar-refractivity contribution in [2.75, 3.05) is 0 Å². The predicted molar refractivity (Wildman–Crippen MR) is 112 cm³/mol. The first-order valence-corrected chi connectivity index (χ1v) is 11.0. The molecule has 31 heavy (non-hydrogen) atoms. The van der Waals surface area contributed by atoms with E-state index in [1.165, 1.54) is 6.33 Å². The molecule has 2 fully saturated rings. The van der Waals surface area contributed by atoms with Gasteiger partial charge < -0.3 is 15.2 Å². The van der Waals surface area contributed by atoms with Crippen LogP contribution in [0.3, 0.4) is 0 Å². The molecule has 8 heteroatoms. The lowest BCUT2D eigenvalue weighted by Gasteiger charge is -2.48. The molecule has 6 rings (SSSR count). The van der Waals surface area contributed by atoms with Gasteiger partial charge in [-0.15, -0.1) is 0 Å². The van der Waals surface area contributed by atoms with Crippen molar-refractivity contribution in [3.63, 3.8) is 0 Å². The summed E-state index contributed by atoms with van der Waals surface area (Å²) in [5, 5.41) is 29.3. The second-order valence-electron chi connectivity index (χ2n) is 9.55. The molecule has 3 aromatic rings. The average Bonchev–Trinajstić information content (AvgIpc) is 3.37. The Balaban J connectivity index is 1.58. The number of ketones is 1. The molecule has 2 aromatic heterocycles. The van der Waals surface area contributed by atoms with Gasteiger partial charge in [0.25, 0.3) is 0 Å². The number of rotatable bonds is 1. The average molecular weight is 424 g/mol. The fourth-order valence-corrected chi connectivity index (χ4v) is 6.76. The molecule has 0 amide bonds. The molecule has 1 aromatic carbocycles. The number of nitrogens with one attached hydrogen (secondary N) is 2. The van der Waals surface area contributed by atoms with Gasteiger partial charge in [-0.25, -0.2) is 9.97 Å². The van der Waals surface area contributed by atoms with Gasteiger partial charge in [0.2, 0.25) is 0 Å². The quantitative estimate of drug-likeness (QED) is 0.353. The number of fused-ring (bicyclic) bond motifs is 6. The zero-order chi connectivity index (χ0) is 21.5. The number of nitrogens with zero attached hydrogens (tertiary/aromatic N) is 3. The number of aromatic amines is 1. The van der Waals surface area contributed by atoms with Crippen LogP contribution in [0.4, 0.5) is 0 Å². The van der Waals surface area contributed by atoms with E-state index < -0.39 is 0 Å². The third-order valence-corrected chi connectivity index (χ3v) is 8.29. The Morgan fingerprint density at radius 3 is 2.90 bits per heavy atom. The van der Waals surface area contributed by atoms with Crippen LogP contribution < -0.4 is 5.49 Å². The molecule has 0 unspecified atom stereocenters. The van der Waals surface area contributed by atoms with E-state index in [0.29, 0.717) is 41.6 Å². The van der Waals surface area contributed by atoms with E-state index in [-0.39, 0.29) is 28.3 Å². The monoisotopic (exact) mass is 424 g/mol. The summed E-state index contributed by atoms with van der Waals surface area (Å²) in [6.07, 6.45) is 8.01. The SMILES string of the molecule is C[C@]12CC[C@@H]3c4c(-[15n]5c[15n]c(=[15NH])c6[15nH]c[15n]c65)cc(O)c(O)c4CC[C@H]3[C@@H]1CCC2=O. The summed E-state index contributed by atoms with van der Waals surface area (Å²) in [4.78, 5) is 24.2. The zero-order valence-corrected chi connectivity index (χ0v) is 17.4. The van der Waals surface area contributed by atoms with E-state index in [9.17, 15) is 15.0 Å². The highest BCUT2D eigenvalue weighted by molar-refractivity contribution is 5.87. The van der Waals surface area contributed by atoms with Gasteiger partial charge in [0.15, 0.2) is 22.6 Å². The van der Waals surface area contributed by atoms with Crippen LogP contribution in [0.2, 0.25) is 0 Å². The highest BCUT2D eigenvalue weighted by Gasteiger charge is 2.55. The lowest BCUT2D eigenvalue weighted by Crippen LogP contribution is -2.42.